The maximum absolute atomic E-state index is 12.4. The van der Waals surface area contributed by atoms with Gasteiger partial charge in [-0.15, -0.1) is 0 Å². The molecule has 2 amide bonds. The number of nitrogens with zero attached hydrogens (tertiary/aromatic N) is 2. The van der Waals surface area contributed by atoms with Gasteiger partial charge in [0, 0.05) is 6.54 Å². The summed E-state index contributed by atoms with van der Waals surface area (Å²) < 4.78 is 0. The van der Waals surface area contributed by atoms with Crippen molar-refractivity contribution in [2.24, 2.45) is 0 Å². The van der Waals surface area contributed by atoms with Crippen LogP contribution in [0, 0.1) is 0 Å². The molecule has 0 atom stereocenters. The van der Waals surface area contributed by atoms with Gasteiger partial charge in [0.2, 0.25) is 0 Å². The van der Waals surface area contributed by atoms with Gasteiger partial charge in [-0.05, 0) is 43.9 Å². The van der Waals surface area contributed by atoms with E-state index >= 15 is 0 Å². The maximum atomic E-state index is 12.4. The molecule has 1 aliphatic heterocycles. The van der Waals surface area contributed by atoms with E-state index in [1.165, 1.54) is 4.90 Å². The summed E-state index contributed by atoms with van der Waals surface area (Å²) in [5.74, 6) is -0.507. The number of hydrogen-bond donors (Lipinski definition) is 0. The highest BCUT2D eigenvalue weighted by atomic mass is 16.2. The van der Waals surface area contributed by atoms with E-state index in [1.807, 2.05) is 38.4 Å². The highest BCUT2D eigenvalue weighted by Gasteiger charge is 2.36. The molecule has 0 bridgehead atoms. The van der Waals surface area contributed by atoms with Gasteiger partial charge in [-0.3, -0.25) is 9.59 Å². The van der Waals surface area contributed by atoms with E-state index in [9.17, 15) is 9.59 Å². The molecule has 1 heterocycles. The van der Waals surface area contributed by atoms with Gasteiger partial charge in [-0.1, -0.05) is 24.3 Å². The van der Waals surface area contributed by atoms with Crippen LogP contribution in [-0.2, 0) is 6.54 Å². The lowest BCUT2D eigenvalue weighted by Crippen LogP contribution is -2.29. The number of anilines is 1. The number of carbonyl (C=O) groups is 2. The zero-order valence-electron chi connectivity index (χ0n) is 12.0. The van der Waals surface area contributed by atoms with Crippen LogP contribution in [-0.4, -0.2) is 30.8 Å². The van der Waals surface area contributed by atoms with Gasteiger partial charge in [-0.25, -0.2) is 4.90 Å². The topological polar surface area (TPSA) is 40.6 Å². The van der Waals surface area contributed by atoms with Crippen LogP contribution >= 0.6 is 0 Å². The molecule has 1 aliphatic rings. The fourth-order valence-corrected chi connectivity index (χ4v) is 2.54. The molecule has 0 saturated carbocycles. The Hall–Kier alpha value is -2.46. The Kier molecular flexibility index (Phi) is 3.31. The van der Waals surface area contributed by atoms with Crippen molar-refractivity contribution in [3.05, 3.63) is 65.2 Å². The highest BCUT2D eigenvalue weighted by Crippen LogP contribution is 2.28. The molecular formula is C17H16N2O2. The molecule has 4 nitrogen and oxygen atoms in total. The molecule has 0 saturated heterocycles. The molecule has 3 rings (SSSR count). The first-order chi connectivity index (χ1) is 10.1. The molecule has 0 spiro atoms. The smallest absolute Gasteiger partial charge is 0.266 e. The number of imide groups is 1. The summed E-state index contributed by atoms with van der Waals surface area (Å²) in [5, 5.41) is 0. The van der Waals surface area contributed by atoms with Crippen molar-refractivity contribution in [1.82, 2.24) is 4.90 Å². The summed E-state index contributed by atoms with van der Waals surface area (Å²) in [7, 11) is 4.00. The number of benzene rings is 2. The lowest BCUT2D eigenvalue weighted by atomic mass is 10.1. The van der Waals surface area contributed by atoms with Gasteiger partial charge in [0.15, 0.2) is 0 Å². The van der Waals surface area contributed by atoms with E-state index in [1.54, 1.807) is 24.3 Å². The van der Waals surface area contributed by atoms with Crippen LogP contribution in [0.2, 0.25) is 0 Å². The van der Waals surface area contributed by atoms with Crippen LogP contribution in [0.15, 0.2) is 48.5 Å². The summed E-state index contributed by atoms with van der Waals surface area (Å²) in [6, 6.07) is 14.5. The van der Waals surface area contributed by atoms with Crippen LogP contribution in [0.5, 0.6) is 0 Å². The molecule has 2 aromatic carbocycles. The summed E-state index contributed by atoms with van der Waals surface area (Å²) in [5.41, 5.74) is 2.70. The number of hydrogen-bond acceptors (Lipinski definition) is 3. The van der Waals surface area contributed by atoms with E-state index < -0.39 is 0 Å². The maximum Gasteiger partial charge on any atom is 0.266 e. The number of rotatable bonds is 3. The first kappa shape index (κ1) is 13.5. The predicted octanol–water partition coefficient (Wildman–Crippen LogP) is 2.55. The highest BCUT2D eigenvalue weighted by molar-refractivity contribution is 6.34. The normalized spacial score (nSPS) is 14.0. The standard InChI is InChI=1S/C17H16N2O2/c1-18(2)11-12-7-9-13(10-8-12)19-16(20)14-5-3-4-6-15(14)17(19)21/h3-10H,11H2,1-2H3. The number of carbonyl (C=O) groups excluding carboxylic acids is 2. The lowest BCUT2D eigenvalue weighted by Gasteiger charge is -2.15. The zero-order valence-corrected chi connectivity index (χ0v) is 12.0. The molecule has 2 aromatic rings. The van der Waals surface area contributed by atoms with Gasteiger partial charge in [0.1, 0.15) is 0 Å². The molecule has 0 aliphatic carbocycles. The Morgan fingerprint density at radius 3 is 1.86 bits per heavy atom. The van der Waals surface area contributed by atoms with Crippen LogP contribution in [0.25, 0.3) is 0 Å². The first-order valence-corrected chi connectivity index (χ1v) is 6.79. The molecule has 21 heavy (non-hydrogen) atoms. The van der Waals surface area contributed by atoms with Crippen LogP contribution in [0.4, 0.5) is 5.69 Å². The Balaban J connectivity index is 1.92. The van der Waals surface area contributed by atoms with Crippen LogP contribution < -0.4 is 4.90 Å². The van der Waals surface area contributed by atoms with E-state index in [0.717, 1.165) is 12.1 Å². The van der Waals surface area contributed by atoms with Gasteiger partial charge in [-0.2, -0.15) is 0 Å². The largest absolute Gasteiger partial charge is 0.305 e. The molecular weight excluding hydrogens is 264 g/mol. The third kappa shape index (κ3) is 2.34. The van der Waals surface area contributed by atoms with Crippen molar-refractivity contribution in [3.63, 3.8) is 0 Å². The average Bonchev–Trinajstić information content (AvgIpc) is 2.72. The van der Waals surface area contributed by atoms with Crippen molar-refractivity contribution >= 4 is 17.5 Å². The summed E-state index contributed by atoms with van der Waals surface area (Å²) in [4.78, 5) is 28.0. The van der Waals surface area contributed by atoms with Crippen molar-refractivity contribution in [1.29, 1.82) is 0 Å². The van der Waals surface area contributed by atoms with Crippen molar-refractivity contribution in [2.45, 2.75) is 6.54 Å². The molecule has 0 fully saturated rings. The minimum Gasteiger partial charge on any atom is -0.305 e. The molecule has 106 valence electrons. The SMILES string of the molecule is CN(C)Cc1ccc(N2C(=O)c3ccccc3C2=O)cc1. The Morgan fingerprint density at radius 2 is 1.38 bits per heavy atom. The van der Waals surface area contributed by atoms with Gasteiger partial charge < -0.3 is 4.90 Å². The minimum atomic E-state index is -0.254. The number of amides is 2. The second-order valence-corrected chi connectivity index (χ2v) is 5.40. The second kappa shape index (κ2) is 5.14. The Morgan fingerprint density at radius 1 is 0.857 bits per heavy atom. The molecule has 0 radical (unpaired) electrons. The third-order valence-electron chi connectivity index (χ3n) is 3.49. The fourth-order valence-electron chi connectivity index (χ4n) is 2.54. The number of fused-ring (bicyclic) bond motifs is 1. The Bertz CT molecular complexity index is 670. The van der Waals surface area contributed by atoms with Crippen molar-refractivity contribution in [2.75, 3.05) is 19.0 Å². The van der Waals surface area contributed by atoms with Gasteiger partial charge >= 0.3 is 0 Å². The first-order valence-electron chi connectivity index (χ1n) is 6.79. The Labute approximate surface area is 123 Å². The van der Waals surface area contributed by atoms with Gasteiger partial charge in [0.25, 0.3) is 11.8 Å². The predicted molar refractivity (Wildman–Crippen MR) is 81.4 cm³/mol. The van der Waals surface area contributed by atoms with Crippen molar-refractivity contribution in [3.8, 4) is 0 Å². The van der Waals surface area contributed by atoms with Crippen LogP contribution in [0.3, 0.4) is 0 Å². The molecule has 0 aromatic heterocycles. The van der Waals surface area contributed by atoms with E-state index in [2.05, 4.69) is 4.90 Å². The monoisotopic (exact) mass is 280 g/mol. The second-order valence-electron chi connectivity index (χ2n) is 5.40. The van der Waals surface area contributed by atoms with Crippen LogP contribution in [0.1, 0.15) is 26.3 Å². The third-order valence-corrected chi connectivity index (χ3v) is 3.49. The van der Waals surface area contributed by atoms with E-state index in [-0.39, 0.29) is 11.8 Å². The summed E-state index contributed by atoms with van der Waals surface area (Å²) >= 11 is 0. The summed E-state index contributed by atoms with van der Waals surface area (Å²) in [6.45, 7) is 0.822. The zero-order chi connectivity index (χ0) is 15.0. The van der Waals surface area contributed by atoms with Crippen molar-refractivity contribution < 1.29 is 9.59 Å². The van der Waals surface area contributed by atoms with Gasteiger partial charge in [0.05, 0.1) is 16.8 Å². The molecule has 0 N–H and O–H groups in total. The minimum absolute atomic E-state index is 0.254. The summed E-state index contributed by atoms with van der Waals surface area (Å²) in [6.07, 6.45) is 0. The quantitative estimate of drug-likeness (QED) is 0.811. The molecule has 0 unspecified atom stereocenters. The van der Waals surface area contributed by atoms with E-state index in [0.29, 0.717) is 16.8 Å². The fraction of sp³-hybridized carbons (Fsp3) is 0.176. The van der Waals surface area contributed by atoms with E-state index in [4.69, 9.17) is 0 Å². The molecule has 4 heteroatoms. The lowest BCUT2D eigenvalue weighted by molar-refractivity contribution is 0.0926. The average molecular weight is 280 g/mol.